The minimum absolute atomic E-state index is 0.127. The number of hydrogen-bond donors (Lipinski definition) is 1. The molecule has 0 saturated carbocycles. The van der Waals surface area contributed by atoms with E-state index in [0.717, 1.165) is 6.42 Å². The van der Waals surface area contributed by atoms with Crippen LogP contribution in [-0.2, 0) is 0 Å². The minimum Gasteiger partial charge on any atom is -0.392 e. The van der Waals surface area contributed by atoms with Crippen LogP contribution in [0, 0.1) is 12.3 Å². The fourth-order valence-electron chi connectivity index (χ4n) is 0.905. The Morgan fingerprint density at radius 1 is 1.55 bits per heavy atom. The molecular weight excluding hydrogens is 136 g/mol. The van der Waals surface area contributed by atoms with Crippen LogP contribution in [0.4, 0.5) is 0 Å². The van der Waals surface area contributed by atoms with Crippen LogP contribution < -0.4 is 0 Å². The van der Waals surface area contributed by atoms with E-state index < -0.39 is 0 Å². The molecule has 0 amide bonds. The van der Waals surface area contributed by atoms with Gasteiger partial charge in [-0.05, 0) is 12.8 Å². The minimum atomic E-state index is -0.328. The summed E-state index contributed by atoms with van der Waals surface area (Å²) < 4.78 is 0. The first kappa shape index (κ1) is 10.7. The standard InChI is InChI=1S/C10H19O/c1-5-7-8-10(3,4)9(11)6-2/h7-9,11H,2,5-6H2,1,3-4H3/b8-7-. The van der Waals surface area contributed by atoms with E-state index in [4.69, 9.17) is 0 Å². The number of aliphatic hydroxyl groups excluding tert-OH is 1. The van der Waals surface area contributed by atoms with E-state index in [9.17, 15) is 5.11 Å². The van der Waals surface area contributed by atoms with E-state index in [1.54, 1.807) is 0 Å². The molecule has 0 aliphatic carbocycles. The quantitative estimate of drug-likeness (QED) is 0.619. The van der Waals surface area contributed by atoms with Gasteiger partial charge in [-0.15, -0.1) is 0 Å². The average Bonchev–Trinajstić information content (AvgIpc) is 1.99. The first-order valence-electron chi connectivity index (χ1n) is 4.19. The van der Waals surface area contributed by atoms with Gasteiger partial charge in [-0.25, -0.2) is 0 Å². The van der Waals surface area contributed by atoms with Crippen LogP contribution in [0.15, 0.2) is 12.2 Å². The Bertz CT molecular complexity index is 125. The normalized spacial score (nSPS) is 15.7. The van der Waals surface area contributed by atoms with Crippen molar-refractivity contribution in [3.8, 4) is 0 Å². The fraction of sp³-hybridized carbons (Fsp3) is 0.700. The van der Waals surface area contributed by atoms with Crippen LogP contribution in [0.25, 0.3) is 0 Å². The molecule has 1 nitrogen and oxygen atoms in total. The highest BCUT2D eigenvalue weighted by molar-refractivity contribution is 4.98. The third-order valence-electron chi connectivity index (χ3n) is 1.92. The number of allylic oxidation sites excluding steroid dienone is 1. The molecule has 65 valence electrons. The van der Waals surface area contributed by atoms with Gasteiger partial charge in [-0.3, -0.25) is 0 Å². The number of aliphatic hydroxyl groups is 1. The molecule has 0 aromatic rings. The maximum atomic E-state index is 9.50. The van der Waals surface area contributed by atoms with Gasteiger partial charge in [0.05, 0.1) is 6.10 Å². The molecule has 0 aromatic heterocycles. The van der Waals surface area contributed by atoms with E-state index in [1.165, 1.54) is 0 Å². The van der Waals surface area contributed by atoms with Gasteiger partial charge in [0, 0.05) is 5.41 Å². The lowest BCUT2D eigenvalue weighted by Crippen LogP contribution is -2.26. The van der Waals surface area contributed by atoms with Gasteiger partial charge in [-0.2, -0.15) is 0 Å². The second kappa shape index (κ2) is 4.55. The Kier molecular flexibility index (Phi) is 4.43. The van der Waals surface area contributed by atoms with Crippen molar-refractivity contribution in [3.63, 3.8) is 0 Å². The first-order chi connectivity index (χ1) is 5.04. The highest BCUT2D eigenvalue weighted by Gasteiger charge is 2.22. The van der Waals surface area contributed by atoms with Crippen LogP contribution in [0.1, 0.15) is 33.6 Å². The molecular formula is C10H19O. The Balaban J connectivity index is 4.08. The predicted octanol–water partition coefficient (Wildman–Crippen LogP) is 2.56. The Morgan fingerprint density at radius 3 is 2.45 bits per heavy atom. The van der Waals surface area contributed by atoms with Crippen LogP contribution in [0.3, 0.4) is 0 Å². The van der Waals surface area contributed by atoms with Gasteiger partial charge in [0.15, 0.2) is 0 Å². The topological polar surface area (TPSA) is 20.2 Å². The molecule has 0 bridgehead atoms. The second-order valence-corrected chi connectivity index (χ2v) is 3.44. The van der Waals surface area contributed by atoms with E-state index in [-0.39, 0.29) is 11.5 Å². The third-order valence-corrected chi connectivity index (χ3v) is 1.92. The monoisotopic (exact) mass is 155 g/mol. The molecule has 0 aliphatic rings. The zero-order chi connectivity index (χ0) is 8.91. The van der Waals surface area contributed by atoms with Crippen molar-refractivity contribution in [2.75, 3.05) is 0 Å². The second-order valence-electron chi connectivity index (χ2n) is 3.44. The van der Waals surface area contributed by atoms with Gasteiger partial charge < -0.3 is 5.11 Å². The molecule has 1 N–H and O–H groups in total. The molecule has 0 fully saturated rings. The smallest absolute Gasteiger partial charge is 0.0625 e. The maximum Gasteiger partial charge on any atom is 0.0625 e. The Labute approximate surface area is 70.1 Å². The van der Waals surface area contributed by atoms with Crippen molar-refractivity contribution in [2.24, 2.45) is 5.41 Å². The van der Waals surface area contributed by atoms with E-state index in [1.807, 2.05) is 13.8 Å². The lowest BCUT2D eigenvalue weighted by molar-refractivity contribution is 0.0840. The zero-order valence-electron chi connectivity index (χ0n) is 7.80. The van der Waals surface area contributed by atoms with Gasteiger partial charge in [-0.1, -0.05) is 39.8 Å². The van der Waals surface area contributed by atoms with E-state index in [0.29, 0.717) is 6.42 Å². The van der Waals surface area contributed by atoms with E-state index in [2.05, 4.69) is 26.0 Å². The molecule has 11 heavy (non-hydrogen) atoms. The molecule has 0 aromatic carbocycles. The van der Waals surface area contributed by atoms with Crippen LogP contribution in [0.5, 0.6) is 0 Å². The SMILES string of the molecule is [CH2]CC(O)C(C)(C)/C=C\CC. The van der Waals surface area contributed by atoms with Crippen molar-refractivity contribution >= 4 is 0 Å². The summed E-state index contributed by atoms with van der Waals surface area (Å²) in [7, 11) is 0. The summed E-state index contributed by atoms with van der Waals surface area (Å²) >= 11 is 0. The molecule has 1 radical (unpaired) electrons. The summed E-state index contributed by atoms with van der Waals surface area (Å²) in [6.07, 6.45) is 5.40. The summed E-state index contributed by atoms with van der Waals surface area (Å²) in [4.78, 5) is 0. The predicted molar refractivity (Wildman–Crippen MR) is 49.2 cm³/mol. The molecule has 1 unspecified atom stereocenters. The van der Waals surface area contributed by atoms with E-state index >= 15 is 0 Å². The molecule has 0 aliphatic heterocycles. The lowest BCUT2D eigenvalue weighted by Gasteiger charge is -2.25. The summed E-state index contributed by atoms with van der Waals surface area (Å²) in [6, 6.07) is 0. The van der Waals surface area contributed by atoms with Crippen LogP contribution in [-0.4, -0.2) is 11.2 Å². The summed E-state index contributed by atoms with van der Waals surface area (Å²) in [5.41, 5.74) is -0.127. The van der Waals surface area contributed by atoms with Crippen molar-refractivity contribution in [3.05, 3.63) is 19.1 Å². The fourth-order valence-corrected chi connectivity index (χ4v) is 0.905. The molecule has 0 rings (SSSR count). The number of rotatable bonds is 4. The summed E-state index contributed by atoms with van der Waals surface area (Å²) in [5, 5.41) is 9.50. The average molecular weight is 155 g/mol. The van der Waals surface area contributed by atoms with Gasteiger partial charge in [0.25, 0.3) is 0 Å². The zero-order valence-corrected chi connectivity index (χ0v) is 7.80. The number of hydrogen-bond acceptors (Lipinski definition) is 1. The maximum absolute atomic E-state index is 9.50. The molecule has 1 atom stereocenters. The largest absolute Gasteiger partial charge is 0.392 e. The Hall–Kier alpha value is -0.300. The van der Waals surface area contributed by atoms with Crippen molar-refractivity contribution < 1.29 is 5.11 Å². The van der Waals surface area contributed by atoms with Gasteiger partial charge >= 0.3 is 0 Å². The van der Waals surface area contributed by atoms with Crippen LogP contribution in [0.2, 0.25) is 0 Å². The highest BCUT2D eigenvalue weighted by atomic mass is 16.3. The van der Waals surface area contributed by atoms with Crippen molar-refractivity contribution in [1.82, 2.24) is 0 Å². The summed E-state index contributed by atoms with van der Waals surface area (Å²) in [6.45, 7) is 9.81. The van der Waals surface area contributed by atoms with Gasteiger partial charge in [0.2, 0.25) is 0 Å². The van der Waals surface area contributed by atoms with Crippen molar-refractivity contribution in [2.45, 2.75) is 39.7 Å². The van der Waals surface area contributed by atoms with Crippen molar-refractivity contribution in [1.29, 1.82) is 0 Å². The lowest BCUT2D eigenvalue weighted by atomic mass is 9.84. The highest BCUT2D eigenvalue weighted by Crippen LogP contribution is 2.24. The first-order valence-corrected chi connectivity index (χ1v) is 4.19. The Morgan fingerprint density at radius 2 is 2.09 bits per heavy atom. The molecule has 0 spiro atoms. The van der Waals surface area contributed by atoms with Gasteiger partial charge in [0.1, 0.15) is 0 Å². The molecule has 0 heterocycles. The third kappa shape index (κ3) is 3.57. The summed E-state index contributed by atoms with van der Waals surface area (Å²) in [5.74, 6) is 0. The molecule has 0 saturated heterocycles. The molecule has 1 heteroatoms. The van der Waals surface area contributed by atoms with Crippen LogP contribution >= 0.6 is 0 Å².